The van der Waals surface area contributed by atoms with Crippen molar-refractivity contribution in [2.75, 3.05) is 40.3 Å². The Kier molecular flexibility index (Phi) is 24.1. The van der Waals surface area contributed by atoms with Crippen molar-refractivity contribution < 1.29 is 14.3 Å². The molecule has 0 aromatic heterocycles. The molecule has 0 aliphatic carbocycles. The summed E-state index contributed by atoms with van der Waals surface area (Å²) in [4.78, 5) is 25.9. The van der Waals surface area contributed by atoms with E-state index in [1.807, 2.05) is 0 Å². The molecule has 0 aliphatic rings. The van der Waals surface area contributed by atoms with Gasteiger partial charge in [0, 0.05) is 18.9 Å². The number of hydrogen-bond donors (Lipinski definition) is 2. The third kappa shape index (κ3) is 25.5. The first-order valence-electron chi connectivity index (χ1n) is 14.3. The molecule has 1 amide bonds. The SMILES string of the molecule is CCCCCCCCCCCCCCCC(=O)OCCNC(=O)CCC(C)NCCCN(C)C. The van der Waals surface area contributed by atoms with Crippen LogP contribution in [0, 0.1) is 0 Å². The van der Waals surface area contributed by atoms with Gasteiger partial charge < -0.3 is 20.3 Å². The molecule has 6 nitrogen and oxygen atoms in total. The van der Waals surface area contributed by atoms with Crippen molar-refractivity contribution >= 4 is 11.9 Å². The second kappa shape index (κ2) is 25.0. The Bertz CT molecular complexity index is 472. The van der Waals surface area contributed by atoms with Crippen LogP contribution < -0.4 is 10.6 Å². The molecule has 0 radical (unpaired) electrons. The van der Waals surface area contributed by atoms with Gasteiger partial charge in [0.15, 0.2) is 0 Å². The van der Waals surface area contributed by atoms with Crippen LogP contribution in [0.4, 0.5) is 0 Å². The van der Waals surface area contributed by atoms with E-state index in [1.54, 1.807) is 0 Å². The fourth-order valence-corrected chi connectivity index (χ4v) is 4.00. The van der Waals surface area contributed by atoms with Crippen LogP contribution in [0.25, 0.3) is 0 Å². The second-order valence-electron chi connectivity index (χ2n) is 10.1. The van der Waals surface area contributed by atoms with E-state index in [-0.39, 0.29) is 18.5 Å². The minimum atomic E-state index is -0.145. The molecule has 0 bridgehead atoms. The number of nitrogens with one attached hydrogen (secondary N) is 2. The first-order valence-corrected chi connectivity index (χ1v) is 14.3. The van der Waals surface area contributed by atoms with Crippen LogP contribution in [0.2, 0.25) is 0 Å². The van der Waals surface area contributed by atoms with Gasteiger partial charge in [-0.2, -0.15) is 0 Å². The highest BCUT2D eigenvalue weighted by Crippen LogP contribution is 2.13. The number of esters is 1. The molecule has 0 heterocycles. The maximum absolute atomic E-state index is 11.9. The third-order valence-electron chi connectivity index (χ3n) is 6.25. The van der Waals surface area contributed by atoms with Gasteiger partial charge in [0.2, 0.25) is 5.91 Å². The maximum atomic E-state index is 11.9. The Labute approximate surface area is 211 Å². The summed E-state index contributed by atoms with van der Waals surface area (Å²) in [6.07, 6.45) is 19.8. The molecule has 1 unspecified atom stereocenters. The lowest BCUT2D eigenvalue weighted by atomic mass is 10.0. The number of carbonyl (C=O) groups excluding carboxylic acids is 2. The number of carbonyl (C=O) groups is 2. The quantitative estimate of drug-likeness (QED) is 0.126. The van der Waals surface area contributed by atoms with Crippen molar-refractivity contribution in [1.29, 1.82) is 0 Å². The number of amides is 1. The summed E-state index contributed by atoms with van der Waals surface area (Å²) in [5.41, 5.74) is 0. The summed E-state index contributed by atoms with van der Waals surface area (Å²) in [5.74, 6) is -0.123. The van der Waals surface area contributed by atoms with Gasteiger partial charge in [-0.1, -0.05) is 84.0 Å². The van der Waals surface area contributed by atoms with Crippen LogP contribution in [0.1, 0.15) is 123 Å². The average Bonchev–Trinajstić information content (AvgIpc) is 2.81. The Morgan fingerprint density at radius 2 is 1.32 bits per heavy atom. The van der Waals surface area contributed by atoms with E-state index >= 15 is 0 Å². The summed E-state index contributed by atoms with van der Waals surface area (Å²) < 4.78 is 5.24. The minimum Gasteiger partial charge on any atom is -0.464 e. The van der Waals surface area contributed by atoms with Crippen molar-refractivity contribution in [2.24, 2.45) is 0 Å². The van der Waals surface area contributed by atoms with Gasteiger partial charge in [-0.15, -0.1) is 0 Å². The maximum Gasteiger partial charge on any atom is 0.305 e. The van der Waals surface area contributed by atoms with E-state index in [1.165, 1.54) is 70.6 Å². The Hall–Kier alpha value is -1.14. The van der Waals surface area contributed by atoms with E-state index < -0.39 is 0 Å². The molecule has 0 aromatic carbocycles. The third-order valence-corrected chi connectivity index (χ3v) is 6.25. The molecule has 1 atom stereocenters. The number of nitrogens with zero attached hydrogens (tertiary/aromatic N) is 1. The highest BCUT2D eigenvalue weighted by molar-refractivity contribution is 5.75. The lowest BCUT2D eigenvalue weighted by Crippen LogP contribution is -2.32. The van der Waals surface area contributed by atoms with Crippen LogP contribution in [0.15, 0.2) is 0 Å². The molecule has 0 rings (SSSR count). The molecular weight excluding hydrogens is 426 g/mol. The molecule has 0 fully saturated rings. The van der Waals surface area contributed by atoms with Crippen LogP contribution in [-0.4, -0.2) is 63.2 Å². The van der Waals surface area contributed by atoms with Gasteiger partial charge in [0.1, 0.15) is 6.61 Å². The molecule has 202 valence electrons. The molecule has 34 heavy (non-hydrogen) atoms. The highest BCUT2D eigenvalue weighted by atomic mass is 16.5. The Morgan fingerprint density at radius 1 is 0.765 bits per heavy atom. The zero-order valence-corrected chi connectivity index (χ0v) is 23.1. The average molecular weight is 484 g/mol. The number of ether oxygens (including phenoxy) is 1. The highest BCUT2D eigenvalue weighted by Gasteiger charge is 2.07. The molecule has 6 heteroatoms. The predicted molar refractivity (Wildman–Crippen MR) is 144 cm³/mol. The van der Waals surface area contributed by atoms with Crippen molar-refractivity contribution in [3.63, 3.8) is 0 Å². The van der Waals surface area contributed by atoms with Gasteiger partial charge in [-0.05, 0) is 53.4 Å². The first kappa shape index (κ1) is 32.9. The molecule has 0 saturated heterocycles. The first-order chi connectivity index (χ1) is 16.5. The normalized spacial score (nSPS) is 12.1. The zero-order chi connectivity index (χ0) is 25.3. The van der Waals surface area contributed by atoms with E-state index in [0.29, 0.717) is 25.4 Å². The van der Waals surface area contributed by atoms with E-state index in [0.717, 1.165) is 38.8 Å². The molecule has 0 spiro atoms. The lowest BCUT2D eigenvalue weighted by molar-refractivity contribution is -0.144. The van der Waals surface area contributed by atoms with Gasteiger partial charge >= 0.3 is 5.97 Å². The van der Waals surface area contributed by atoms with Crippen LogP contribution in [0.5, 0.6) is 0 Å². The lowest BCUT2D eigenvalue weighted by Gasteiger charge is -2.15. The van der Waals surface area contributed by atoms with Crippen molar-refractivity contribution in [2.45, 2.75) is 129 Å². The number of rotatable bonds is 25. The summed E-state index contributed by atoms with van der Waals surface area (Å²) >= 11 is 0. The van der Waals surface area contributed by atoms with Gasteiger partial charge in [0.05, 0.1) is 6.54 Å². The molecule has 0 saturated carbocycles. The standard InChI is InChI=1S/C28H57N3O3/c1-5-6-7-8-9-10-11-12-13-14-15-16-17-19-28(33)34-25-23-30-27(32)21-20-26(2)29-22-18-24-31(3)4/h26,29H,5-25H2,1-4H3,(H,30,32). The zero-order valence-electron chi connectivity index (χ0n) is 23.1. The molecule has 0 aliphatic heterocycles. The molecule has 0 aromatic rings. The predicted octanol–water partition coefficient (Wildman–Crippen LogP) is 5.84. The van der Waals surface area contributed by atoms with E-state index in [9.17, 15) is 9.59 Å². The Morgan fingerprint density at radius 3 is 1.88 bits per heavy atom. The minimum absolute atomic E-state index is 0.0227. The number of hydrogen-bond acceptors (Lipinski definition) is 5. The Balaban J connectivity index is 3.39. The van der Waals surface area contributed by atoms with Crippen LogP contribution in [0.3, 0.4) is 0 Å². The number of unbranched alkanes of at least 4 members (excludes halogenated alkanes) is 12. The van der Waals surface area contributed by atoms with E-state index in [4.69, 9.17) is 4.74 Å². The summed E-state index contributed by atoms with van der Waals surface area (Å²) in [6.45, 7) is 7.08. The summed E-state index contributed by atoms with van der Waals surface area (Å²) in [7, 11) is 4.15. The summed E-state index contributed by atoms with van der Waals surface area (Å²) in [6, 6.07) is 0.325. The largest absolute Gasteiger partial charge is 0.464 e. The fraction of sp³-hybridized carbons (Fsp3) is 0.929. The van der Waals surface area contributed by atoms with Gasteiger partial charge in [0.25, 0.3) is 0 Å². The molecule has 2 N–H and O–H groups in total. The van der Waals surface area contributed by atoms with Crippen LogP contribution >= 0.6 is 0 Å². The molecular formula is C28H57N3O3. The summed E-state index contributed by atoms with van der Waals surface area (Å²) in [5, 5.41) is 6.29. The van der Waals surface area contributed by atoms with Crippen LogP contribution in [-0.2, 0) is 14.3 Å². The van der Waals surface area contributed by atoms with Crippen molar-refractivity contribution in [3.05, 3.63) is 0 Å². The van der Waals surface area contributed by atoms with Gasteiger partial charge in [-0.3, -0.25) is 9.59 Å². The van der Waals surface area contributed by atoms with Crippen molar-refractivity contribution in [1.82, 2.24) is 15.5 Å². The monoisotopic (exact) mass is 483 g/mol. The van der Waals surface area contributed by atoms with E-state index in [2.05, 4.69) is 43.5 Å². The second-order valence-corrected chi connectivity index (χ2v) is 10.1. The smallest absolute Gasteiger partial charge is 0.305 e. The topological polar surface area (TPSA) is 70.7 Å². The van der Waals surface area contributed by atoms with Gasteiger partial charge in [-0.25, -0.2) is 0 Å². The fourth-order valence-electron chi connectivity index (χ4n) is 4.00. The van der Waals surface area contributed by atoms with Crippen molar-refractivity contribution in [3.8, 4) is 0 Å².